The van der Waals surface area contributed by atoms with Crippen molar-refractivity contribution in [3.05, 3.63) is 0 Å². The summed E-state index contributed by atoms with van der Waals surface area (Å²) in [6, 6.07) is -4.18. The van der Waals surface area contributed by atoms with Crippen LogP contribution >= 0.6 is 0 Å². The predicted molar refractivity (Wildman–Crippen MR) is 138 cm³/mol. The lowest BCUT2D eigenvalue weighted by molar-refractivity contribution is -0.306. The van der Waals surface area contributed by atoms with Crippen LogP contribution in [0.1, 0.15) is 6.42 Å². The summed E-state index contributed by atoms with van der Waals surface area (Å²) >= 11 is 0. The van der Waals surface area contributed by atoms with Crippen molar-refractivity contribution in [2.75, 3.05) is 19.7 Å². The van der Waals surface area contributed by atoms with Crippen molar-refractivity contribution >= 4 is 0 Å². The Morgan fingerprint density at radius 1 is 0.524 bits per heavy atom. The molecule has 4 rings (SSSR count). The van der Waals surface area contributed by atoms with Gasteiger partial charge in [0.05, 0.1) is 24.8 Å². The van der Waals surface area contributed by atoms with Gasteiger partial charge in [0.15, 0.2) is 18.9 Å². The molecule has 0 aromatic rings. The number of hydrogen-bond acceptors (Lipinski definition) is 19. The fourth-order valence-electron chi connectivity index (χ4n) is 5.74. The summed E-state index contributed by atoms with van der Waals surface area (Å²) in [7, 11) is 0. The van der Waals surface area contributed by atoms with Crippen LogP contribution in [0.3, 0.4) is 0 Å². The second-order valence-corrected chi connectivity index (χ2v) is 11.2. The number of aliphatic hydroxyl groups is 7. The van der Waals surface area contributed by atoms with Crippen LogP contribution in [0.2, 0.25) is 0 Å². The lowest BCUT2D eigenvalue weighted by Gasteiger charge is -2.47. The van der Waals surface area contributed by atoms with Crippen LogP contribution in [0.5, 0.6) is 0 Å². The third-order valence-corrected chi connectivity index (χ3v) is 8.37. The van der Waals surface area contributed by atoms with Crippen molar-refractivity contribution in [2.45, 2.75) is 123 Å². The maximum absolute atomic E-state index is 11.1. The molecule has 0 aromatic heterocycles. The fourth-order valence-corrected chi connectivity index (χ4v) is 5.74. The molecule has 42 heavy (non-hydrogen) atoms. The van der Waals surface area contributed by atoms with Gasteiger partial charge in [0.25, 0.3) is 0 Å². The summed E-state index contributed by atoms with van der Waals surface area (Å²) in [5.74, 6) is 0. The summed E-state index contributed by atoms with van der Waals surface area (Å²) < 4.78 is 34.6. The van der Waals surface area contributed by atoms with E-state index in [0.717, 1.165) is 0 Å². The van der Waals surface area contributed by atoms with E-state index in [0.29, 0.717) is 0 Å². The predicted octanol–water partition coefficient (Wildman–Crippen LogP) is -8.90. The van der Waals surface area contributed by atoms with Gasteiger partial charge in [-0.3, -0.25) is 0 Å². The molecule has 2 unspecified atom stereocenters. The molecule has 19 N–H and O–H groups in total. The number of rotatable bonds is 9. The van der Waals surface area contributed by atoms with E-state index in [2.05, 4.69) is 0 Å². The van der Waals surface area contributed by atoms with E-state index in [9.17, 15) is 35.7 Å². The molecule has 1 saturated carbocycles. The molecule has 19 nitrogen and oxygen atoms in total. The molecule has 4 aliphatic rings. The number of ether oxygens (including phenoxy) is 6. The highest BCUT2D eigenvalue weighted by molar-refractivity contribution is 5.02. The highest BCUT2D eigenvalue weighted by atomic mass is 16.8. The van der Waals surface area contributed by atoms with Gasteiger partial charge in [-0.05, 0) is 6.42 Å². The topological polar surface area (TPSA) is 353 Å². The van der Waals surface area contributed by atoms with Crippen LogP contribution in [0.4, 0.5) is 0 Å². The third-order valence-electron chi connectivity index (χ3n) is 8.37. The molecule has 3 aliphatic heterocycles. The van der Waals surface area contributed by atoms with E-state index in [4.69, 9.17) is 62.8 Å². The second kappa shape index (κ2) is 14.1. The van der Waals surface area contributed by atoms with Gasteiger partial charge in [0, 0.05) is 25.2 Å². The first kappa shape index (κ1) is 34.1. The van der Waals surface area contributed by atoms with Crippen molar-refractivity contribution in [3.8, 4) is 0 Å². The van der Waals surface area contributed by atoms with Gasteiger partial charge >= 0.3 is 0 Å². The molecule has 1 aliphatic carbocycles. The molecular weight excluding hydrogens is 568 g/mol. The fraction of sp³-hybridized carbons (Fsp3) is 1.00. The summed E-state index contributed by atoms with van der Waals surface area (Å²) in [6.45, 7) is -0.967. The van der Waals surface area contributed by atoms with Crippen LogP contribution < -0.4 is 34.4 Å². The van der Waals surface area contributed by atoms with Crippen molar-refractivity contribution in [2.24, 2.45) is 34.4 Å². The molecule has 0 amide bonds. The van der Waals surface area contributed by atoms with Gasteiger partial charge in [-0.1, -0.05) is 0 Å². The van der Waals surface area contributed by atoms with Gasteiger partial charge in [-0.15, -0.1) is 0 Å². The SMILES string of the molecule is NC[C@@H]1OC(O[C@H]2[C@H](O)[C@H](O[C@@H]3C(O[C@H]4O[C@H](CN)[C@H](O)[C@H](O)[C@H]4N)[C@@H](N)C[C@@H](N)[C@@H]3O)O[C@@H]2CO)[C@@H](N)[C@@H](O)[C@@H]1O. The summed E-state index contributed by atoms with van der Waals surface area (Å²) in [6.07, 6.45) is -19.8. The molecular formula is C23H46N6O13. The lowest BCUT2D eigenvalue weighted by atomic mass is 9.84. The van der Waals surface area contributed by atoms with Gasteiger partial charge in [-0.25, -0.2) is 0 Å². The molecule has 19 atom stereocenters. The minimum Gasteiger partial charge on any atom is -0.394 e. The molecule has 19 heteroatoms. The average molecular weight is 615 g/mol. The Bertz CT molecular complexity index is 868. The molecule has 3 heterocycles. The van der Waals surface area contributed by atoms with Crippen LogP contribution in [-0.2, 0) is 28.4 Å². The van der Waals surface area contributed by atoms with Crippen molar-refractivity contribution in [1.29, 1.82) is 0 Å². The zero-order chi connectivity index (χ0) is 31.0. The Morgan fingerprint density at radius 2 is 0.976 bits per heavy atom. The standard InChI is InChI=1S/C23H46N6O13/c24-2-7-13(32)15(34)10(28)21(37-7)40-18-6(27)1-5(26)12(31)20(18)42-23-17(36)19(9(4-30)39-23)41-22-11(29)16(35)14(33)8(3-25)38-22/h5-23,30-36H,1-4,24-29H2/t5-,6+,7-,8+,9-,10-,11+,12+,13+,14-,15-,16-,17+,18?,19-,20+,21-,22?,23+/m1/s1. The largest absolute Gasteiger partial charge is 0.394 e. The van der Waals surface area contributed by atoms with Gasteiger partial charge in [0.1, 0.15) is 67.1 Å². The van der Waals surface area contributed by atoms with E-state index in [-0.39, 0.29) is 19.5 Å². The van der Waals surface area contributed by atoms with Crippen molar-refractivity contribution in [1.82, 2.24) is 0 Å². The number of hydrogen-bond donors (Lipinski definition) is 13. The Labute approximate surface area is 241 Å². The summed E-state index contributed by atoms with van der Waals surface area (Å²) in [5.41, 5.74) is 35.6. The van der Waals surface area contributed by atoms with Gasteiger partial charge < -0.3 is 98.6 Å². The third kappa shape index (κ3) is 6.60. The monoisotopic (exact) mass is 614 g/mol. The van der Waals surface area contributed by atoms with Crippen LogP contribution in [0.25, 0.3) is 0 Å². The Morgan fingerprint density at radius 3 is 1.45 bits per heavy atom. The summed E-state index contributed by atoms with van der Waals surface area (Å²) in [4.78, 5) is 0. The molecule has 4 fully saturated rings. The van der Waals surface area contributed by atoms with Crippen molar-refractivity contribution < 1.29 is 64.2 Å². The zero-order valence-electron chi connectivity index (χ0n) is 22.8. The van der Waals surface area contributed by atoms with E-state index < -0.39 is 123 Å². The molecule has 0 aromatic carbocycles. The first-order valence-corrected chi connectivity index (χ1v) is 13.9. The van der Waals surface area contributed by atoms with Gasteiger partial charge in [0.2, 0.25) is 0 Å². The van der Waals surface area contributed by atoms with E-state index in [1.54, 1.807) is 0 Å². The quantitative estimate of drug-likeness (QED) is 0.115. The minimum absolute atomic E-state index is 0.0889. The average Bonchev–Trinajstić information content (AvgIpc) is 3.27. The van der Waals surface area contributed by atoms with Crippen molar-refractivity contribution in [3.63, 3.8) is 0 Å². The number of nitrogens with two attached hydrogens (primary N) is 6. The normalized spacial score (nSPS) is 53.8. The van der Waals surface area contributed by atoms with E-state index >= 15 is 0 Å². The molecule has 0 spiro atoms. The Balaban J connectivity index is 1.50. The highest BCUT2D eigenvalue weighted by Crippen LogP contribution is 2.34. The molecule has 3 saturated heterocycles. The van der Waals surface area contributed by atoms with Crippen LogP contribution in [0, 0.1) is 0 Å². The lowest BCUT2D eigenvalue weighted by Crippen LogP contribution is -2.68. The maximum Gasteiger partial charge on any atom is 0.187 e. The molecule has 0 bridgehead atoms. The molecule has 246 valence electrons. The summed E-state index contributed by atoms with van der Waals surface area (Å²) in [5, 5.41) is 73.0. The Kier molecular flexibility index (Phi) is 11.5. The number of aliphatic hydroxyl groups excluding tert-OH is 7. The maximum atomic E-state index is 11.1. The Hall–Kier alpha value is -0.760. The second-order valence-electron chi connectivity index (χ2n) is 11.2. The zero-order valence-corrected chi connectivity index (χ0v) is 22.8. The van der Waals surface area contributed by atoms with Gasteiger partial charge in [-0.2, -0.15) is 0 Å². The van der Waals surface area contributed by atoms with E-state index in [1.165, 1.54) is 0 Å². The first-order valence-electron chi connectivity index (χ1n) is 13.9. The minimum atomic E-state index is -1.60. The van der Waals surface area contributed by atoms with Crippen LogP contribution in [-0.4, -0.2) is 172 Å². The highest BCUT2D eigenvalue weighted by Gasteiger charge is 2.54. The first-order chi connectivity index (χ1) is 19.8. The van der Waals surface area contributed by atoms with Crippen LogP contribution in [0.15, 0.2) is 0 Å². The smallest absolute Gasteiger partial charge is 0.187 e. The molecule has 0 radical (unpaired) electrons. The van der Waals surface area contributed by atoms with E-state index in [1.807, 2.05) is 0 Å².